The number of aromatic nitrogens is 1. The number of nitrogens with one attached hydrogen (secondary N) is 2. The Bertz CT molecular complexity index is 1190. The monoisotopic (exact) mass is 586 g/mol. The summed E-state index contributed by atoms with van der Waals surface area (Å²) in [6, 6.07) is 13.1. The average molecular weight is 587 g/mol. The molecule has 214 valence electrons. The Morgan fingerprint density at radius 2 is 1.70 bits per heavy atom. The van der Waals surface area contributed by atoms with Gasteiger partial charge in [0, 0.05) is 43.3 Å². The molecule has 1 aromatic heterocycles. The predicted octanol–water partition coefficient (Wildman–Crippen LogP) is 2.55. The highest BCUT2D eigenvalue weighted by atomic mass is 33.1. The van der Waals surface area contributed by atoms with Gasteiger partial charge in [-0.3, -0.25) is 19.2 Å². The number of ketones is 1. The van der Waals surface area contributed by atoms with Crippen LogP contribution in [0.1, 0.15) is 50.6 Å². The van der Waals surface area contributed by atoms with E-state index < -0.39 is 23.9 Å². The second-order valence-electron chi connectivity index (χ2n) is 8.53. The molecule has 40 heavy (non-hydrogen) atoms. The van der Waals surface area contributed by atoms with Gasteiger partial charge in [-0.1, -0.05) is 47.2 Å². The fourth-order valence-electron chi connectivity index (χ4n) is 3.49. The van der Waals surface area contributed by atoms with Crippen molar-refractivity contribution in [3.05, 3.63) is 71.4 Å². The van der Waals surface area contributed by atoms with Crippen LogP contribution in [0.3, 0.4) is 0 Å². The van der Waals surface area contributed by atoms with Crippen LogP contribution in [0.15, 0.2) is 70.9 Å². The number of amides is 2. The summed E-state index contributed by atoms with van der Waals surface area (Å²) in [6.45, 7) is 1.49. The second-order valence-corrected chi connectivity index (χ2v) is 11.0. The lowest BCUT2D eigenvalue weighted by Crippen LogP contribution is -2.37. The smallest absolute Gasteiger partial charge is 0.305 e. The maximum Gasteiger partial charge on any atom is 0.305 e. The van der Waals surface area contributed by atoms with Gasteiger partial charge >= 0.3 is 5.97 Å². The van der Waals surface area contributed by atoms with E-state index in [2.05, 4.69) is 20.4 Å². The highest BCUT2D eigenvalue weighted by Gasteiger charge is 2.25. The molecular formula is C28H32N3O7S2-. The summed E-state index contributed by atoms with van der Waals surface area (Å²) in [4.78, 5) is 65.6. The normalized spacial score (nSPS) is 12.1. The van der Waals surface area contributed by atoms with Crippen LogP contribution < -0.4 is 15.7 Å². The molecule has 0 saturated carbocycles. The summed E-state index contributed by atoms with van der Waals surface area (Å²) >= 11 is 0. The summed E-state index contributed by atoms with van der Waals surface area (Å²) in [5.41, 5.74) is 0.0104. The van der Waals surface area contributed by atoms with Crippen molar-refractivity contribution >= 4 is 51.1 Å². The molecule has 1 heterocycles. The number of Topliss-reactive ketones (excluding diaryl/α,β-unsaturated/α-hetero) is 1. The van der Waals surface area contributed by atoms with Crippen molar-refractivity contribution in [2.24, 2.45) is 0 Å². The lowest BCUT2D eigenvalue weighted by atomic mass is 9.97. The molecular weight excluding hydrogens is 554 g/mol. The summed E-state index contributed by atoms with van der Waals surface area (Å²) in [6.07, 6.45) is 2.03. The maximum atomic E-state index is 13.1. The molecule has 1 atom stereocenters. The van der Waals surface area contributed by atoms with E-state index in [1.807, 2.05) is 18.2 Å². The van der Waals surface area contributed by atoms with Crippen LogP contribution in [0.2, 0.25) is 0 Å². The van der Waals surface area contributed by atoms with E-state index in [4.69, 9.17) is 0 Å². The highest BCUT2D eigenvalue weighted by molar-refractivity contribution is 8.76. The number of pyridine rings is 1. The molecule has 0 aliphatic heterocycles. The van der Waals surface area contributed by atoms with Gasteiger partial charge in [-0.25, -0.2) is 4.98 Å². The number of carbonyl (C=O) groups excluding carboxylic acids is 5. The zero-order valence-electron chi connectivity index (χ0n) is 22.3. The van der Waals surface area contributed by atoms with Gasteiger partial charge in [-0.05, 0) is 53.8 Å². The Hall–Kier alpha value is -3.64. The first kappa shape index (κ1) is 32.6. The lowest BCUT2D eigenvalue weighted by molar-refractivity contribution is -0.299. The zero-order valence-corrected chi connectivity index (χ0v) is 24.0. The van der Waals surface area contributed by atoms with Gasteiger partial charge in [0.25, 0.3) is 0 Å². The Morgan fingerprint density at radius 3 is 2.35 bits per heavy atom. The van der Waals surface area contributed by atoms with Gasteiger partial charge in [-0.2, -0.15) is 0 Å². The molecule has 0 unspecified atom stereocenters. The Balaban J connectivity index is 1.92. The average Bonchev–Trinajstić information content (AvgIpc) is 2.96. The number of esters is 1. The molecule has 0 fully saturated rings. The van der Waals surface area contributed by atoms with Crippen molar-refractivity contribution in [1.82, 2.24) is 15.6 Å². The van der Waals surface area contributed by atoms with E-state index >= 15 is 0 Å². The van der Waals surface area contributed by atoms with E-state index in [0.29, 0.717) is 24.2 Å². The third-order valence-corrected chi connectivity index (χ3v) is 7.95. The van der Waals surface area contributed by atoms with Crippen molar-refractivity contribution in [3.63, 3.8) is 0 Å². The summed E-state index contributed by atoms with van der Waals surface area (Å²) in [5.74, 6) is -2.79. The minimum absolute atomic E-state index is 0.0606. The molecule has 2 aromatic rings. The van der Waals surface area contributed by atoms with Crippen molar-refractivity contribution in [2.45, 2.75) is 50.1 Å². The molecule has 2 N–H and O–H groups in total. The van der Waals surface area contributed by atoms with Crippen molar-refractivity contribution < 1.29 is 33.8 Å². The highest BCUT2D eigenvalue weighted by Crippen LogP contribution is 2.29. The summed E-state index contributed by atoms with van der Waals surface area (Å²) in [5, 5.41) is 17.7. The molecule has 12 heteroatoms. The quantitative estimate of drug-likeness (QED) is 0.122. The summed E-state index contributed by atoms with van der Waals surface area (Å²) in [7, 11) is 4.21. The van der Waals surface area contributed by atoms with Crippen molar-refractivity contribution in [2.75, 3.05) is 19.4 Å². The Labute approximate surface area is 241 Å². The van der Waals surface area contributed by atoms with Gasteiger partial charge in [-0.15, -0.1) is 0 Å². The number of hydrogen-bond acceptors (Lipinski definition) is 10. The number of carboxylic acid groups (broad SMARTS) is 1. The fourth-order valence-corrected chi connectivity index (χ4v) is 5.36. The third kappa shape index (κ3) is 11.6. The number of rotatable bonds is 17. The molecule has 0 aliphatic carbocycles. The van der Waals surface area contributed by atoms with Crippen LogP contribution in [0.5, 0.6) is 0 Å². The van der Waals surface area contributed by atoms with Crippen LogP contribution in [-0.2, 0) is 28.7 Å². The van der Waals surface area contributed by atoms with E-state index in [9.17, 15) is 29.1 Å². The first-order valence-corrected chi connectivity index (χ1v) is 14.9. The number of benzene rings is 1. The van der Waals surface area contributed by atoms with E-state index in [1.54, 1.807) is 36.5 Å². The third-order valence-electron chi connectivity index (χ3n) is 5.69. The number of aliphatic carboxylic acids is 1. The first-order valence-electron chi connectivity index (χ1n) is 12.6. The van der Waals surface area contributed by atoms with Crippen molar-refractivity contribution in [1.29, 1.82) is 0 Å². The number of carboxylic acids is 1. The van der Waals surface area contributed by atoms with Crippen molar-refractivity contribution in [3.8, 4) is 0 Å². The molecule has 0 bridgehead atoms. The van der Waals surface area contributed by atoms with Crippen LogP contribution in [-0.4, -0.2) is 53.9 Å². The van der Waals surface area contributed by atoms with Crippen LogP contribution in [0.25, 0.3) is 0 Å². The number of methoxy groups -OCH3 is 1. The van der Waals surface area contributed by atoms with Gasteiger partial charge in [0.05, 0.1) is 13.1 Å². The van der Waals surface area contributed by atoms with Gasteiger partial charge in [0.1, 0.15) is 11.1 Å². The molecule has 10 nitrogen and oxygen atoms in total. The molecule has 0 radical (unpaired) electrons. The molecule has 0 aliphatic rings. The van der Waals surface area contributed by atoms with Gasteiger partial charge in [0.15, 0.2) is 5.78 Å². The topological polar surface area (TPSA) is 155 Å². The SMILES string of the molecule is COC(=O)CC/C(C(=O)N[C@H](C(=O)CCCNC(=O)CCSSc1ccccn1)c1ccccc1)=C(\C)C(=O)[O-]. The van der Waals surface area contributed by atoms with Gasteiger partial charge in [0.2, 0.25) is 11.8 Å². The number of hydrogen-bond donors (Lipinski definition) is 2. The molecule has 2 amide bonds. The lowest BCUT2D eigenvalue weighted by Gasteiger charge is -2.21. The molecule has 1 aromatic carbocycles. The standard InChI is InChI=1S/C28H33N3O7S2/c1-19(28(36)37)21(13-14-25(34)38-2)27(35)31-26(20-9-4-3-5-10-20)22(32)11-8-17-29-23(33)15-18-39-40-24-12-6-7-16-30-24/h3-7,9-10,12,16,26H,8,11,13-15,17-18H2,1-2H3,(H,29,33)(H,31,35)(H,36,37)/p-1/b21-19-/t26-/m0/s1. The van der Waals surface area contributed by atoms with Crippen LogP contribution in [0.4, 0.5) is 0 Å². The summed E-state index contributed by atoms with van der Waals surface area (Å²) < 4.78 is 4.58. The molecule has 0 spiro atoms. The van der Waals surface area contributed by atoms with E-state index in [-0.39, 0.29) is 48.6 Å². The molecule has 2 rings (SSSR count). The van der Waals surface area contributed by atoms with E-state index in [1.165, 1.54) is 35.6 Å². The Morgan fingerprint density at radius 1 is 0.975 bits per heavy atom. The first-order chi connectivity index (χ1) is 19.2. The Kier molecular flexibility index (Phi) is 14.5. The second kappa shape index (κ2) is 17.9. The number of carbonyl (C=O) groups is 5. The zero-order chi connectivity index (χ0) is 29.3. The molecule has 0 saturated heterocycles. The number of nitrogens with zero attached hydrogens (tertiary/aromatic N) is 1. The minimum atomic E-state index is -1.55. The van der Waals surface area contributed by atoms with Crippen LogP contribution in [0, 0.1) is 0 Å². The number of ether oxygens (including phenoxy) is 1. The van der Waals surface area contributed by atoms with Gasteiger partial charge < -0.3 is 25.3 Å². The largest absolute Gasteiger partial charge is 0.545 e. The maximum absolute atomic E-state index is 13.1. The fraction of sp³-hybridized carbons (Fsp3) is 0.357. The minimum Gasteiger partial charge on any atom is -0.545 e. The van der Waals surface area contributed by atoms with Crippen LogP contribution >= 0.6 is 21.6 Å². The predicted molar refractivity (Wildman–Crippen MR) is 151 cm³/mol. The van der Waals surface area contributed by atoms with E-state index in [0.717, 1.165) is 5.03 Å².